The SMILES string of the molecule is CCCCC(CC)NC(C)c1ccccc1C. The van der Waals surface area contributed by atoms with E-state index in [2.05, 4.69) is 57.3 Å². The predicted molar refractivity (Wildman–Crippen MR) is 76.3 cm³/mol. The van der Waals surface area contributed by atoms with Gasteiger partial charge in [-0.25, -0.2) is 0 Å². The number of benzene rings is 1. The lowest BCUT2D eigenvalue weighted by Gasteiger charge is -2.23. The van der Waals surface area contributed by atoms with Crippen LogP contribution >= 0.6 is 0 Å². The van der Waals surface area contributed by atoms with Crippen molar-refractivity contribution >= 4 is 0 Å². The van der Waals surface area contributed by atoms with Gasteiger partial charge in [-0.3, -0.25) is 0 Å². The Morgan fingerprint density at radius 3 is 2.47 bits per heavy atom. The molecule has 0 radical (unpaired) electrons. The Kier molecular flexibility index (Phi) is 6.28. The van der Waals surface area contributed by atoms with Gasteiger partial charge in [0, 0.05) is 12.1 Å². The van der Waals surface area contributed by atoms with E-state index in [1.54, 1.807) is 0 Å². The molecule has 0 aliphatic rings. The number of hydrogen-bond donors (Lipinski definition) is 1. The molecule has 1 N–H and O–H groups in total. The maximum absolute atomic E-state index is 3.76. The zero-order valence-corrected chi connectivity index (χ0v) is 11.8. The fourth-order valence-electron chi connectivity index (χ4n) is 2.37. The maximum Gasteiger partial charge on any atom is 0.0296 e. The highest BCUT2D eigenvalue weighted by Crippen LogP contribution is 2.18. The quantitative estimate of drug-likeness (QED) is 0.725. The smallest absolute Gasteiger partial charge is 0.0296 e. The first-order valence-corrected chi connectivity index (χ1v) is 7.00. The highest BCUT2D eigenvalue weighted by molar-refractivity contribution is 5.28. The molecular formula is C16H27N. The molecule has 17 heavy (non-hydrogen) atoms. The molecule has 96 valence electrons. The van der Waals surface area contributed by atoms with E-state index >= 15 is 0 Å². The van der Waals surface area contributed by atoms with E-state index in [-0.39, 0.29) is 0 Å². The van der Waals surface area contributed by atoms with Crippen molar-refractivity contribution in [1.82, 2.24) is 5.32 Å². The number of nitrogens with one attached hydrogen (secondary N) is 1. The molecule has 2 atom stereocenters. The Morgan fingerprint density at radius 2 is 1.88 bits per heavy atom. The molecule has 0 bridgehead atoms. The van der Waals surface area contributed by atoms with Crippen LogP contribution < -0.4 is 5.32 Å². The summed E-state index contributed by atoms with van der Waals surface area (Å²) in [6, 6.07) is 9.79. The molecule has 0 heterocycles. The zero-order valence-electron chi connectivity index (χ0n) is 11.8. The minimum absolute atomic E-state index is 0.456. The van der Waals surface area contributed by atoms with Gasteiger partial charge in [0.05, 0.1) is 0 Å². The maximum atomic E-state index is 3.76. The van der Waals surface area contributed by atoms with Crippen molar-refractivity contribution in [1.29, 1.82) is 0 Å². The van der Waals surface area contributed by atoms with Gasteiger partial charge in [-0.15, -0.1) is 0 Å². The molecule has 0 saturated heterocycles. The number of unbranched alkanes of at least 4 members (excludes halogenated alkanes) is 1. The molecule has 0 amide bonds. The summed E-state index contributed by atoms with van der Waals surface area (Å²) in [7, 11) is 0. The van der Waals surface area contributed by atoms with Gasteiger partial charge in [-0.1, -0.05) is 51.0 Å². The van der Waals surface area contributed by atoms with E-state index < -0.39 is 0 Å². The molecule has 1 rings (SSSR count). The molecule has 0 fully saturated rings. The lowest BCUT2D eigenvalue weighted by Crippen LogP contribution is -2.31. The zero-order chi connectivity index (χ0) is 12.7. The largest absolute Gasteiger partial charge is 0.307 e. The second-order valence-corrected chi connectivity index (χ2v) is 4.99. The molecule has 2 unspecified atom stereocenters. The molecular weight excluding hydrogens is 206 g/mol. The first-order chi connectivity index (χ1) is 8.19. The fraction of sp³-hybridized carbons (Fsp3) is 0.625. The lowest BCUT2D eigenvalue weighted by molar-refractivity contribution is 0.409. The monoisotopic (exact) mass is 233 g/mol. The Balaban J connectivity index is 2.58. The molecule has 0 spiro atoms. The van der Waals surface area contributed by atoms with Crippen LogP contribution in [0.15, 0.2) is 24.3 Å². The van der Waals surface area contributed by atoms with Crippen LogP contribution in [0.2, 0.25) is 0 Å². The van der Waals surface area contributed by atoms with Gasteiger partial charge < -0.3 is 5.32 Å². The molecule has 0 aliphatic heterocycles. The van der Waals surface area contributed by atoms with E-state index in [1.807, 2.05) is 0 Å². The van der Waals surface area contributed by atoms with E-state index in [0.717, 1.165) is 0 Å². The summed E-state index contributed by atoms with van der Waals surface area (Å²) in [6.07, 6.45) is 5.13. The normalized spacial score (nSPS) is 14.6. The molecule has 1 heteroatoms. The van der Waals surface area contributed by atoms with Crippen molar-refractivity contribution in [2.45, 2.75) is 65.5 Å². The van der Waals surface area contributed by atoms with E-state index in [1.165, 1.54) is 36.8 Å². The van der Waals surface area contributed by atoms with Gasteiger partial charge in [0.15, 0.2) is 0 Å². The highest BCUT2D eigenvalue weighted by Gasteiger charge is 2.12. The molecule has 0 aliphatic carbocycles. The summed E-state index contributed by atoms with van der Waals surface area (Å²) in [5.74, 6) is 0. The van der Waals surface area contributed by atoms with Crippen molar-refractivity contribution in [3.8, 4) is 0 Å². The highest BCUT2D eigenvalue weighted by atomic mass is 14.9. The minimum atomic E-state index is 0.456. The molecule has 1 aromatic carbocycles. The van der Waals surface area contributed by atoms with Crippen LogP contribution in [0.4, 0.5) is 0 Å². The summed E-state index contributed by atoms with van der Waals surface area (Å²) in [6.45, 7) is 9.01. The van der Waals surface area contributed by atoms with Crippen molar-refractivity contribution in [2.24, 2.45) is 0 Å². The second-order valence-electron chi connectivity index (χ2n) is 4.99. The van der Waals surface area contributed by atoms with Gasteiger partial charge in [-0.2, -0.15) is 0 Å². The third-order valence-electron chi connectivity index (χ3n) is 3.54. The average molecular weight is 233 g/mol. The van der Waals surface area contributed by atoms with Crippen LogP contribution in [-0.2, 0) is 0 Å². The van der Waals surface area contributed by atoms with Gasteiger partial charge in [-0.05, 0) is 37.8 Å². The standard InChI is InChI=1S/C16H27N/c1-5-7-11-15(6-2)17-14(4)16-12-9-8-10-13(16)3/h8-10,12,14-15,17H,5-7,11H2,1-4H3. The summed E-state index contributed by atoms with van der Waals surface area (Å²) in [5.41, 5.74) is 2.82. The second kappa shape index (κ2) is 7.50. The predicted octanol–water partition coefficient (Wildman–Crippen LogP) is 4.61. The number of rotatable bonds is 7. The number of aryl methyl sites for hydroxylation is 1. The van der Waals surface area contributed by atoms with Crippen molar-refractivity contribution in [3.05, 3.63) is 35.4 Å². The number of hydrogen-bond acceptors (Lipinski definition) is 1. The molecule has 0 aromatic heterocycles. The van der Waals surface area contributed by atoms with E-state index in [9.17, 15) is 0 Å². The summed E-state index contributed by atoms with van der Waals surface area (Å²) in [5, 5.41) is 3.76. The van der Waals surface area contributed by atoms with Crippen molar-refractivity contribution < 1.29 is 0 Å². The van der Waals surface area contributed by atoms with Gasteiger partial charge in [0.1, 0.15) is 0 Å². The topological polar surface area (TPSA) is 12.0 Å². The first kappa shape index (κ1) is 14.2. The lowest BCUT2D eigenvalue weighted by atomic mass is 10.00. The average Bonchev–Trinajstić information content (AvgIpc) is 2.34. The van der Waals surface area contributed by atoms with Gasteiger partial charge in [0.25, 0.3) is 0 Å². The summed E-state index contributed by atoms with van der Waals surface area (Å²) >= 11 is 0. The molecule has 0 saturated carbocycles. The van der Waals surface area contributed by atoms with E-state index in [4.69, 9.17) is 0 Å². The van der Waals surface area contributed by atoms with Crippen LogP contribution in [0.25, 0.3) is 0 Å². The van der Waals surface area contributed by atoms with Crippen LogP contribution in [0.1, 0.15) is 63.6 Å². The Hall–Kier alpha value is -0.820. The van der Waals surface area contributed by atoms with Crippen molar-refractivity contribution in [3.63, 3.8) is 0 Å². The van der Waals surface area contributed by atoms with Crippen molar-refractivity contribution in [2.75, 3.05) is 0 Å². The first-order valence-electron chi connectivity index (χ1n) is 7.00. The Labute approximate surface area is 107 Å². The van der Waals surface area contributed by atoms with Gasteiger partial charge >= 0.3 is 0 Å². The summed E-state index contributed by atoms with van der Waals surface area (Å²) in [4.78, 5) is 0. The molecule has 1 aromatic rings. The Bertz CT molecular complexity index is 319. The van der Waals surface area contributed by atoms with Crippen LogP contribution in [0, 0.1) is 6.92 Å². The van der Waals surface area contributed by atoms with Crippen LogP contribution in [0.5, 0.6) is 0 Å². The van der Waals surface area contributed by atoms with Crippen LogP contribution in [-0.4, -0.2) is 6.04 Å². The fourth-order valence-corrected chi connectivity index (χ4v) is 2.37. The third kappa shape index (κ3) is 4.51. The van der Waals surface area contributed by atoms with Crippen LogP contribution in [0.3, 0.4) is 0 Å². The third-order valence-corrected chi connectivity index (χ3v) is 3.54. The minimum Gasteiger partial charge on any atom is -0.307 e. The summed E-state index contributed by atoms with van der Waals surface area (Å²) < 4.78 is 0. The van der Waals surface area contributed by atoms with E-state index in [0.29, 0.717) is 12.1 Å². The molecule has 1 nitrogen and oxygen atoms in total. The van der Waals surface area contributed by atoms with Gasteiger partial charge in [0.2, 0.25) is 0 Å². The Morgan fingerprint density at radius 1 is 1.18 bits per heavy atom.